The Morgan fingerprint density at radius 3 is 2.57 bits per heavy atom. The molecule has 0 saturated carbocycles. The smallest absolute Gasteiger partial charge is 0.274 e. The molecule has 2 aromatic heterocycles. The zero-order valence-corrected chi connectivity index (χ0v) is 15.9. The number of anilines is 1. The Hall–Kier alpha value is -3.26. The maximum absolute atomic E-state index is 14.3. The second-order valence-electron chi connectivity index (χ2n) is 6.90. The molecule has 4 rings (SSSR count). The van der Waals surface area contributed by atoms with Gasteiger partial charge in [0.05, 0.1) is 23.6 Å². The molecule has 1 unspecified atom stereocenters. The lowest BCUT2D eigenvalue weighted by molar-refractivity contribution is 0.0153. The number of benzene rings is 1. The van der Waals surface area contributed by atoms with E-state index in [0.29, 0.717) is 12.3 Å². The van der Waals surface area contributed by atoms with Gasteiger partial charge in [-0.1, -0.05) is 6.07 Å². The second kappa shape index (κ2) is 8.62. The van der Waals surface area contributed by atoms with Gasteiger partial charge in [-0.25, -0.2) is 18.2 Å². The Kier molecular flexibility index (Phi) is 5.76. The fourth-order valence-corrected chi connectivity index (χ4v) is 3.43. The van der Waals surface area contributed by atoms with Crippen molar-refractivity contribution in [2.24, 2.45) is 0 Å². The van der Waals surface area contributed by atoms with E-state index in [1.165, 1.54) is 12.3 Å². The monoisotopic (exact) mass is 413 g/mol. The van der Waals surface area contributed by atoms with Crippen LogP contribution < -0.4 is 5.32 Å². The molecule has 1 aliphatic heterocycles. The van der Waals surface area contributed by atoms with E-state index in [0.717, 1.165) is 49.1 Å². The minimum atomic E-state index is -0.969. The average Bonchev–Trinajstić information content (AvgIpc) is 2.76. The molecule has 154 valence electrons. The quantitative estimate of drug-likeness (QED) is 0.650. The summed E-state index contributed by atoms with van der Waals surface area (Å²) in [5.74, 6) is -3.53. The Balaban J connectivity index is 1.64. The fourth-order valence-electron chi connectivity index (χ4n) is 3.43. The molecule has 3 aromatic rings. The first-order valence-electron chi connectivity index (χ1n) is 9.52. The number of aromatic nitrogens is 2. The third-order valence-corrected chi connectivity index (χ3v) is 4.91. The third kappa shape index (κ3) is 4.04. The van der Waals surface area contributed by atoms with E-state index in [-0.39, 0.29) is 11.8 Å². The summed E-state index contributed by atoms with van der Waals surface area (Å²) >= 11 is 0. The van der Waals surface area contributed by atoms with E-state index in [2.05, 4.69) is 15.3 Å². The normalized spacial score (nSPS) is 16.3. The Morgan fingerprint density at radius 1 is 1.03 bits per heavy atom. The number of pyridine rings is 2. The number of hydrogen-bond donors (Lipinski definition) is 1. The summed E-state index contributed by atoms with van der Waals surface area (Å²) in [6, 6.07) is 7.04. The summed E-state index contributed by atoms with van der Waals surface area (Å²) < 4.78 is 48.2. The number of carbonyl (C=O) groups is 1. The molecule has 5 nitrogen and oxygen atoms in total. The average molecular weight is 413 g/mol. The van der Waals surface area contributed by atoms with Crippen molar-refractivity contribution in [2.75, 3.05) is 11.9 Å². The molecule has 1 aromatic carbocycles. The van der Waals surface area contributed by atoms with Gasteiger partial charge in [-0.3, -0.25) is 9.78 Å². The molecule has 1 N–H and O–H groups in total. The Labute approximate surface area is 170 Å². The summed E-state index contributed by atoms with van der Waals surface area (Å²) in [7, 11) is 0. The van der Waals surface area contributed by atoms with Crippen molar-refractivity contribution >= 4 is 11.6 Å². The van der Waals surface area contributed by atoms with Crippen LogP contribution in [-0.4, -0.2) is 22.5 Å². The summed E-state index contributed by atoms with van der Waals surface area (Å²) in [4.78, 5) is 20.7. The molecule has 0 aliphatic carbocycles. The van der Waals surface area contributed by atoms with E-state index in [4.69, 9.17) is 4.74 Å². The van der Waals surface area contributed by atoms with E-state index in [1.54, 1.807) is 12.3 Å². The first-order valence-corrected chi connectivity index (χ1v) is 9.52. The summed E-state index contributed by atoms with van der Waals surface area (Å²) in [6.07, 6.45) is 5.75. The molecule has 0 spiro atoms. The Morgan fingerprint density at radius 2 is 1.83 bits per heavy atom. The summed E-state index contributed by atoms with van der Waals surface area (Å²) in [5, 5.41) is 2.70. The van der Waals surface area contributed by atoms with Crippen molar-refractivity contribution in [1.82, 2.24) is 9.97 Å². The van der Waals surface area contributed by atoms with Gasteiger partial charge >= 0.3 is 0 Å². The topological polar surface area (TPSA) is 64.1 Å². The van der Waals surface area contributed by atoms with Crippen LogP contribution in [0.1, 0.15) is 41.4 Å². The number of nitrogens with one attached hydrogen (secondary N) is 1. The van der Waals surface area contributed by atoms with E-state index in [1.807, 2.05) is 0 Å². The van der Waals surface area contributed by atoms with E-state index < -0.39 is 34.6 Å². The molecular formula is C22H18F3N3O2. The van der Waals surface area contributed by atoms with Crippen molar-refractivity contribution < 1.29 is 22.7 Å². The molecule has 3 heterocycles. The Bertz CT molecular complexity index is 1060. The summed E-state index contributed by atoms with van der Waals surface area (Å²) in [5.41, 5.74) is -0.157. The lowest BCUT2D eigenvalue weighted by Crippen LogP contribution is -2.18. The summed E-state index contributed by atoms with van der Waals surface area (Å²) in [6.45, 7) is 0.636. The van der Waals surface area contributed by atoms with Gasteiger partial charge in [-0.15, -0.1) is 0 Å². The van der Waals surface area contributed by atoms with Crippen molar-refractivity contribution in [3.8, 4) is 11.3 Å². The van der Waals surface area contributed by atoms with Crippen LogP contribution in [0.25, 0.3) is 11.3 Å². The molecule has 1 fully saturated rings. The predicted molar refractivity (Wildman–Crippen MR) is 104 cm³/mol. The van der Waals surface area contributed by atoms with Crippen molar-refractivity contribution in [2.45, 2.75) is 25.4 Å². The highest BCUT2D eigenvalue weighted by Crippen LogP contribution is 2.32. The number of halogens is 3. The lowest BCUT2D eigenvalue weighted by atomic mass is 10.0. The number of rotatable bonds is 4. The van der Waals surface area contributed by atoms with Gasteiger partial charge in [0.1, 0.15) is 28.8 Å². The van der Waals surface area contributed by atoms with Crippen molar-refractivity contribution in [3.63, 3.8) is 0 Å². The number of amides is 1. The number of nitrogens with zero attached hydrogens (tertiary/aromatic N) is 2. The highest BCUT2D eigenvalue weighted by molar-refractivity contribution is 6.03. The zero-order valence-electron chi connectivity index (χ0n) is 15.9. The van der Waals surface area contributed by atoms with Gasteiger partial charge in [-0.2, -0.15) is 0 Å². The van der Waals surface area contributed by atoms with Crippen molar-refractivity contribution in [3.05, 3.63) is 77.5 Å². The molecule has 1 aliphatic rings. The predicted octanol–water partition coefficient (Wildman–Crippen LogP) is 5.05. The van der Waals surface area contributed by atoms with Gasteiger partial charge < -0.3 is 10.1 Å². The number of ether oxygens (including phenoxy) is 1. The van der Waals surface area contributed by atoms with Crippen LogP contribution in [0, 0.1) is 17.5 Å². The van der Waals surface area contributed by atoms with E-state index in [9.17, 15) is 18.0 Å². The van der Waals surface area contributed by atoms with Crippen LogP contribution in [0.15, 0.2) is 48.8 Å². The standard InChI is InChI=1S/C22H18F3N3O2/c23-14-4-3-5-15(24)20(14)21-16(25)7-8-17(27-21)22(29)28-18-12-26-10-9-13(18)19-6-1-2-11-30-19/h3-5,7-10,12,19H,1-2,6,11H2,(H,28,29). The maximum Gasteiger partial charge on any atom is 0.274 e. The number of carbonyl (C=O) groups excluding carboxylic acids is 1. The highest BCUT2D eigenvalue weighted by atomic mass is 19.1. The van der Waals surface area contributed by atoms with Crippen LogP contribution in [0.2, 0.25) is 0 Å². The van der Waals surface area contributed by atoms with Gasteiger partial charge in [0.15, 0.2) is 0 Å². The van der Waals surface area contributed by atoms with E-state index >= 15 is 0 Å². The molecular weight excluding hydrogens is 395 g/mol. The van der Waals surface area contributed by atoms with Crippen LogP contribution in [0.5, 0.6) is 0 Å². The minimum absolute atomic E-state index is 0.165. The minimum Gasteiger partial charge on any atom is -0.373 e. The molecule has 0 radical (unpaired) electrons. The zero-order chi connectivity index (χ0) is 21.1. The highest BCUT2D eigenvalue weighted by Gasteiger charge is 2.22. The molecule has 8 heteroatoms. The van der Waals surface area contributed by atoms with Crippen LogP contribution in [-0.2, 0) is 4.74 Å². The van der Waals surface area contributed by atoms with Crippen molar-refractivity contribution in [1.29, 1.82) is 0 Å². The molecule has 30 heavy (non-hydrogen) atoms. The van der Waals surface area contributed by atoms with Gasteiger partial charge in [0.2, 0.25) is 0 Å². The van der Waals surface area contributed by atoms with Gasteiger partial charge in [0.25, 0.3) is 5.91 Å². The molecule has 0 bridgehead atoms. The molecule has 1 amide bonds. The second-order valence-corrected chi connectivity index (χ2v) is 6.90. The van der Waals surface area contributed by atoms with Crippen LogP contribution in [0.4, 0.5) is 18.9 Å². The van der Waals surface area contributed by atoms with Crippen LogP contribution in [0.3, 0.4) is 0 Å². The maximum atomic E-state index is 14.3. The van der Waals surface area contributed by atoms with Gasteiger partial charge in [-0.05, 0) is 49.6 Å². The third-order valence-electron chi connectivity index (χ3n) is 4.91. The molecule has 1 atom stereocenters. The van der Waals surface area contributed by atoms with Gasteiger partial charge in [0, 0.05) is 18.4 Å². The first kappa shape index (κ1) is 20.0. The lowest BCUT2D eigenvalue weighted by Gasteiger charge is -2.24. The fraction of sp³-hybridized carbons (Fsp3) is 0.227. The van der Waals surface area contributed by atoms with Crippen LogP contribution >= 0.6 is 0 Å². The molecule has 1 saturated heterocycles. The largest absolute Gasteiger partial charge is 0.373 e. The first-order chi connectivity index (χ1) is 14.5. The SMILES string of the molecule is O=C(Nc1cnccc1C1CCCCO1)c1ccc(F)c(-c2c(F)cccc2F)n1. The number of hydrogen-bond acceptors (Lipinski definition) is 4.